The van der Waals surface area contributed by atoms with Crippen molar-refractivity contribution in [3.63, 3.8) is 0 Å². The fourth-order valence-corrected chi connectivity index (χ4v) is 5.20. The number of ether oxygens (including phenoxy) is 1. The van der Waals surface area contributed by atoms with Gasteiger partial charge in [0.25, 0.3) is 5.91 Å². The minimum absolute atomic E-state index is 0.106. The number of esters is 1. The Morgan fingerprint density at radius 1 is 1.10 bits per heavy atom. The molecule has 0 radical (unpaired) electrons. The minimum atomic E-state index is -3.69. The molecule has 0 aliphatic rings. The topological polar surface area (TPSA) is 92.8 Å². The number of nitrogens with zero attached hydrogens (tertiary/aromatic N) is 1. The molecule has 1 aromatic heterocycles. The summed E-state index contributed by atoms with van der Waals surface area (Å²) in [4.78, 5) is 25.4. The van der Waals surface area contributed by atoms with Crippen LogP contribution < -0.4 is 5.32 Å². The number of fused-ring (bicyclic) bond motifs is 1. The summed E-state index contributed by atoms with van der Waals surface area (Å²) < 4.78 is 32.3. The van der Waals surface area contributed by atoms with Gasteiger partial charge in [0.2, 0.25) is 10.0 Å². The summed E-state index contributed by atoms with van der Waals surface area (Å²) in [5, 5.41) is 3.62. The van der Waals surface area contributed by atoms with Gasteiger partial charge < -0.3 is 10.1 Å². The number of thiophene rings is 1. The van der Waals surface area contributed by atoms with Crippen molar-refractivity contribution in [3.05, 3.63) is 58.0 Å². The number of aryl methyl sites for hydroxylation is 1. The summed E-state index contributed by atoms with van der Waals surface area (Å²) in [5.41, 5.74) is 2.11. The molecular weight excluding hydrogens is 436 g/mol. The van der Waals surface area contributed by atoms with E-state index in [-0.39, 0.29) is 16.4 Å². The van der Waals surface area contributed by atoms with Gasteiger partial charge in [-0.05, 0) is 73.7 Å². The number of benzene rings is 2. The lowest BCUT2D eigenvalue weighted by Gasteiger charge is -2.16. The molecule has 9 heteroatoms. The molecule has 0 aliphatic carbocycles. The van der Waals surface area contributed by atoms with Gasteiger partial charge in [-0.1, -0.05) is 0 Å². The average Bonchev–Trinajstić information content (AvgIpc) is 3.13. The molecule has 7 nitrogen and oxygen atoms in total. The van der Waals surface area contributed by atoms with Gasteiger partial charge in [0.15, 0.2) is 0 Å². The first-order chi connectivity index (χ1) is 14.5. The molecule has 0 atom stereocenters. The predicted molar refractivity (Wildman–Crippen MR) is 123 cm³/mol. The Balaban J connectivity index is 1.92. The lowest BCUT2D eigenvalue weighted by molar-refractivity contribution is 0.0532. The molecule has 3 aromatic rings. The first-order valence-corrected chi connectivity index (χ1v) is 11.9. The summed E-state index contributed by atoms with van der Waals surface area (Å²) in [6, 6.07) is 10.1. The summed E-state index contributed by atoms with van der Waals surface area (Å²) in [7, 11) is -0.775. The molecule has 0 bridgehead atoms. The molecule has 1 heterocycles. The van der Waals surface area contributed by atoms with E-state index in [1.807, 2.05) is 6.07 Å². The van der Waals surface area contributed by atoms with E-state index in [1.54, 1.807) is 45.0 Å². The summed E-state index contributed by atoms with van der Waals surface area (Å²) in [6.07, 6.45) is 0. The molecular formula is C22H24N2O5S2. The highest BCUT2D eigenvalue weighted by Gasteiger charge is 2.23. The molecule has 0 saturated carbocycles. The number of sulfonamides is 1. The maximum absolute atomic E-state index is 12.9. The Bertz CT molecular complexity index is 1280. The Morgan fingerprint density at radius 2 is 1.81 bits per heavy atom. The van der Waals surface area contributed by atoms with E-state index in [2.05, 4.69) is 5.32 Å². The molecule has 0 spiro atoms. The summed E-state index contributed by atoms with van der Waals surface area (Å²) in [5.74, 6) is -0.794. The van der Waals surface area contributed by atoms with Gasteiger partial charge >= 0.3 is 5.97 Å². The first-order valence-electron chi connectivity index (χ1n) is 9.60. The van der Waals surface area contributed by atoms with Crippen molar-refractivity contribution in [2.24, 2.45) is 0 Å². The van der Waals surface area contributed by atoms with Gasteiger partial charge in [-0.3, -0.25) is 4.79 Å². The fourth-order valence-electron chi connectivity index (χ4n) is 3.05. The number of rotatable bonds is 6. The molecule has 0 aliphatic heterocycles. The Labute approximate surface area is 185 Å². The van der Waals surface area contributed by atoms with E-state index in [1.165, 1.54) is 31.5 Å². The van der Waals surface area contributed by atoms with Crippen LogP contribution in [-0.2, 0) is 14.8 Å². The molecule has 0 unspecified atom stereocenters. The van der Waals surface area contributed by atoms with Crippen molar-refractivity contribution < 1.29 is 22.7 Å². The number of amides is 1. The fraction of sp³-hybridized carbons (Fsp3) is 0.273. The normalized spacial score (nSPS) is 11.7. The quantitative estimate of drug-likeness (QED) is 0.557. The maximum Gasteiger partial charge on any atom is 0.348 e. The smallest absolute Gasteiger partial charge is 0.348 e. The Hall–Kier alpha value is -2.75. The van der Waals surface area contributed by atoms with Gasteiger partial charge in [0.1, 0.15) is 4.88 Å². The predicted octanol–water partition coefficient (Wildman–Crippen LogP) is 4.20. The Kier molecular flexibility index (Phi) is 6.49. The highest BCUT2D eigenvalue weighted by molar-refractivity contribution is 7.89. The zero-order valence-corrected chi connectivity index (χ0v) is 19.6. The van der Waals surface area contributed by atoms with E-state index >= 15 is 0 Å². The first kappa shape index (κ1) is 22.9. The SMILES string of the molecule is CCOC(=O)c1cc2cc(NC(=O)c3cc(C)c(C)c(S(=O)(=O)N(C)C)c3)ccc2s1. The highest BCUT2D eigenvalue weighted by atomic mass is 32.2. The second-order valence-electron chi connectivity index (χ2n) is 7.24. The van der Waals surface area contributed by atoms with Crippen LogP contribution in [0, 0.1) is 13.8 Å². The maximum atomic E-state index is 12.9. The van der Waals surface area contributed by atoms with E-state index < -0.39 is 15.9 Å². The van der Waals surface area contributed by atoms with Crippen molar-refractivity contribution in [2.75, 3.05) is 26.0 Å². The van der Waals surface area contributed by atoms with E-state index in [0.29, 0.717) is 28.3 Å². The van der Waals surface area contributed by atoms with E-state index in [9.17, 15) is 18.0 Å². The second kappa shape index (κ2) is 8.78. The molecule has 0 saturated heterocycles. The lowest BCUT2D eigenvalue weighted by Crippen LogP contribution is -2.24. The zero-order chi connectivity index (χ0) is 22.9. The third-order valence-electron chi connectivity index (χ3n) is 4.89. The summed E-state index contributed by atoms with van der Waals surface area (Å²) in [6.45, 7) is 5.55. The Morgan fingerprint density at radius 3 is 2.45 bits per heavy atom. The molecule has 164 valence electrons. The number of anilines is 1. The molecule has 2 aromatic carbocycles. The van der Waals surface area contributed by atoms with Gasteiger partial charge in [0.05, 0.1) is 11.5 Å². The molecule has 1 N–H and O–H groups in total. The van der Waals surface area contributed by atoms with Gasteiger partial charge in [0, 0.05) is 30.0 Å². The molecule has 0 fully saturated rings. The van der Waals surface area contributed by atoms with Crippen LogP contribution in [0.25, 0.3) is 10.1 Å². The van der Waals surface area contributed by atoms with Crippen LogP contribution in [-0.4, -0.2) is 45.3 Å². The number of hydrogen-bond acceptors (Lipinski definition) is 6. The highest BCUT2D eigenvalue weighted by Crippen LogP contribution is 2.29. The second-order valence-corrected chi connectivity index (χ2v) is 10.4. The van der Waals surface area contributed by atoms with Crippen molar-refractivity contribution in [1.29, 1.82) is 0 Å². The van der Waals surface area contributed by atoms with Gasteiger partial charge in [-0.25, -0.2) is 17.5 Å². The number of hydrogen-bond donors (Lipinski definition) is 1. The van der Waals surface area contributed by atoms with Crippen LogP contribution in [0.1, 0.15) is 38.1 Å². The van der Waals surface area contributed by atoms with Crippen molar-refractivity contribution in [2.45, 2.75) is 25.7 Å². The standard InChI is InChI=1S/C22H24N2O5S2/c1-6-29-22(26)19-11-15-10-17(7-8-18(15)30-19)23-21(25)16-9-13(2)14(3)20(12-16)31(27,28)24(4)5/h7-12H,6H2,1-5H3,(H,23,25). The van der Waals surface area contributed by atoms with Gasteiger partial charge in [-0.15, -0.1) is 11.3 Å². The summed E-state index contributed by atoms with van der Waals surface area (Å²) >= 11 is 1.32. The van der Waals surface area contributed by atoms with E-state index in [4.69, 9.17) is 4.74 Å². The largest absolute Gasteiger partial charge is 0.462 e. The van der Waals surface area contributed by atoms with Crippen LogP contribution in [0.15, 0.2) is 41.3 Å². The molecule has 1 amide bonds. The average molecular weight is 461 g/mol. The number of carbonyl (C=O) groups excluding carboxylic acids is 2. The van der Waals surface area contributed by atoms with Crippen molar-refractivity contribution >= 4 is 49.0 Å². The number of carbonyl (C=O) groups is 2. The van der Waals surface area contributed by atoms with Crippen LogP contribution in [0.3, 0.4) is 0 Å². The van der Waals surface area contributed by atoms with Crippen LogP contribution in [0.4, 0.5) is 5.69 Å². The molecule has 31 heavy (non-hydrogen) atoms. The number of nitrogens with one attached hydrogen (secondary N) is 1. The minimum Gasteiger partial charge on any atom is -0.462 e. The van der Waals surface area contributed by atoms with Crippen LogP contribution in [0.5, 0.6) is 0 Å². The van der Waals surface area contributed by atoms with Crippen LogP contribution >= 0.6 is 11.3 Å². The third kappa shape index (κ3) is 4.63. The van der Waals surface area contributed by atoms with Crippen LogP contribution in [0.2, 0.25) is 0 Å². The zero-order valence-electron chi connectivity index (χ0n) is 18.0. The van der Waals surface area contributed by atoms with Crippen molar-refractivity contribution in [3.8, 4) is 0 Å². The monoisotopic (exact) mass is 460 g/mol. The van der Waals surface area contributed by atoms with E-state index in [0.717, 1.165) is 14.4 Å². The van der Waals surface area contributed by atoms with Crippen molar-refractivity contribution in [1.82, 2.24) is 4.31 Å². The van der Waals surface area contributed by atoms with Gasteiger partial charge in [-0.2, -0.15) is 0 Å². The third-order valence-corrected chi connectivity index (χ3v) is 7.93. The molecule has 3 rings (SSSR count). The lowest BCUT2D eigenvalue weighted by atomic mass is 10.1.